The molecule has 222 valence electrons. The number of rotatable bonds is 3. The van der Waals surface area contributed by atoms with Gasteiger partial charge in [0.1, 0.15) is 22.3 Å². The van der Waals surface area contributed by atoms with Gasteiger partial charge in [-0.2, -0.15) is 0 Å². The van der Waals surface area contributed by atoms with Crippen molar-refractivity contribution in [2.75, 3.05) is 0 Å². The first-order valence-electron chi connectivity index (χ1n) is 16.4. The summed E-state index contributed by atoms with van der Waals surface area (Å²) in [4.78, 5) is 0. The van der Waals surface area contributed by atoms with E-state index in [2.05, 4.69) is 146 Å². The summed E-state index contributed by atoms with van der Waals surface area (Å²) in [6.45, 7) is 0. The Kier molecular flexibility index (Phi) is 5.14. The fourth-order valence-electron chi connectivity index (χ4n) is 8.24. The van der Waals surface area contributed by atoms with Crippen LogP contribution in [0.5, 0.6) is 0 Å². The van der Waals surface area contributed by atoms with Crippen molar-refractivity contribution in [2.24, 2.45) is 0 Å². The lowest BCUT2D eigenvalue weighted by molar-refractivity contribution is 0.669. The minimum Gasteiger partial charge on any atom is -0.456 e. The highest BCUT2D eigenvalue weighted by Crippen LogP contribution is 2.48. The van der Waals surface area contributed by atoms with E-state index < -0.39 is 0 Å². The fraction of sp³-hybridized carbons (Fsp3) is 0. The highest BCUT2D eigenvalue weighted by molar-refractivity contribution is 6.29. The van der Waals surface area contributed by atoms with Crippen LogP contribution in [0, 0.1) is 0 Å². The lowest BCUT2D eigenvalue weighted by Crippen LogP contribution is -1.92. The number of para-hydroxylation sites is 1. The second-order valence-corrected chi connectivity index (χ2v) is 12.8. The van der Waals surface area contributed by atoms with E-state index in [0.717, 1.165) is 33.1 Å². The summed E-state index contributed by atoms with van der Waals surface area (Å²) in [6, 6.07) is 56.7. The molecule has 0 atom stereocenters. The van der Waals surface area contributed by atoms with Gasteiger partial charge in [0.05, 0.1) is 0 Å². The Labute approximate surface area is 275 Å². The van der Waals surface area contributed by atoms with Crippen LogP contribution >= 0.6 is 0 Å². The van der Waals surface area contributed by atoms with Crippen LogP contribution in [0.15, 0.2) is 167 Å². The molecule has 0 fully saturated rings. The Morgan fingerprint density at radius 3 is 1.52 bits per heavy atom. The molecule has 0 saturated carbocycles. The molecular weight excluding hydrogens is 585 g/mol. The summed E-state index contributed by atoms with van der Waals surface area (Å²) in [7, 11) is 0. The topological polar surface area (TPSA) is 26.3 Å². The largest absolute Gasteiger partial charge is 0.456 e. The molecule has 0 radical (unpaired) electrons. The van der Waals surface area contributed by atoms with Gasteiger partial charge < -0.3 is 8.83 Å². The summed E-state index contributed by atoms with van der Waals surface area (Å²) >= 11 is 0. The van der Waals surface area contributed by atoms with Gasteiger partial charge in [0, 0.05) is 21.5 Å². The van der Waals surface area contributed by atoms with Crippen molar-refractivity contribution in [3.8, 4) is 33.4 Å². The van der Waals surface area contributed by atoms with Crippen LogP contribution in [0.4, 0.5) is 0 Å². The molecule has 11 aromatic rings. The van der Waals surface area contributed by atoms with Crippen molar-refractivity contribution in [1.29, 1.82) is 0 Å². The quantitative estimate of drug-likeness (QED) is 0.147. The maximum absolute atomic E-state index is 6.33. The van der Waals surface area contributed by atoms with E-state index in [1.807, 2.05) is 12.1 Å². The Morgan fingerprint density at radius 2 is 0.792 bits per heavy atom. The summed E-state index contributed by atoms with van der Waals surface area (Å²) in [5.74, 6) is 0. The van der Waals surface area contributed by atoms with E-state index in [1.165, 1.54) is 76.5 Å². The second-order valence-electron chi connectivity index (χ2n) is 12.8. The van der Waals surface area contributed by atoms with Gasteiger partial charge in [-0.3, -0.25) is 0 Å². The van der Waals surface area contributed by atoms with Crippen LogP contribution in [-0.2, 0) is 0 Å². The summed E-state index contributed by atoms with van der Waals surface area (Å²) in [6.07, 6.45) is 0. The molecule has 0 aliphatic carbocycles. The first kappa shape index (κ1) is 25.8. The molecular formula is C46H26O2. The fourth-order valence-corrected chi connectivity index (χ4v) is 8.24. The third-order valence-corrected chi connectivity index (χ3v) is 10.2. The molecule has 0 saturated heterocycles. The molecule has 9 aromatic carbocycles. The standard InChI is InChI=1S/C46H26O2/c1-3-13-33-31(11-1)42(28-24-22-27(23-25-28)30-16-8-20-40-45(30)36-15-5-6-18-38(36)47-40)32-12-2-4-14-34(32)44(33)37-26-29-10-7-19-39-43(29)46-35(37)17-9-21-41(46)48-39/h1-26H. The number of hydrogen-bond donors (Lipinski definition) is 0. The van der Waals surface area contributed by atoms with Gasteiger partial charge in [-0.1, -0.05) is 127 Å². The monoisotopic (exact) mass is 610 g/mol. The third kappa shape index (κ3) is 3.46. The number of benzene rings is 9. The minimum atomic E-state index is 0.914. The Balaban J connectivity index is 1.17. The van der Waals surface area contributed by atoms with Crippen LogP contribution < -0.4 is 0 Å². The van der Waals surface area contributed by atoms with E-state index in [1.54, 1.807) is 0 Å². The van der Waals surface area contributed by atoms with Gasteiger partial charge >= 0.3 is 0 Å². The molecule has 2 aromatic heterocycles. The van der Waals surface area contributed by atoms with Gasteiger partial charge in [0.15, 0.2) is 0 Å². The Hall–Kier alpha value is -6.38. The third-order valence-electron chi connectivity index (χ3n) is 10.2. The van der Waals surface area contributed by atoms with E-state index >= 15 is 0 Å². The normalized spacial score (nSPS) is 12.2. The van der Waals surface area contributed by atoms with Crippen LogP contribution in [-0.4, -0.2) is 0 Å². The lowest BCUT2D eigenvalue weighted by Gasteiger charge is -2.19. The molecule has 48 heavy (non-hydrogen) atoms. The smallest absolute Gasteiger partial charge is 0.136 e. The average molecular weight is 611 g/mol. The maximum Gasteiger partial charge on any atom is 0.136 e. The predicted molar refractivity (Wildman–Crippen MR) is 201 cm³/mol. The summed E-state index contributed by atoms with van der Waals surface area (Å²) < 4.78 is 12.5. The molecule has 2 heterocycles. The van der Waals surface area contributed by atoms with Crippen LogP contribution in [0.2, 0.25) is 0 Å². The lowest BCUT2D eigenvalue weighted by atomic mass is 9.83. The molecule has 2 nitrogen and oxygen atoms in total. The highest BCUT2D eigenvalue weighted by atomic mass is 16.3. The van der Waals surface area contributed by atoms with Crippen molar-refractivity contribution in [3.05, 3.63) is 158 Å². The average Bonchev–Trinajstić information content (AvgIpc) is 3.72. The van der Waals surface area contributed by atoms with Gasteiger partial charge in [0.25, 0.3) is 0 Å². The predicted octanol–water partition coefficient (Wildman–Crippen LogP) is 13.4. The highest BCUT2D eigenvalue weighted by Gasteiger charge is 2.22. The molecule has 2 heteroatoms. The number of fused-ring (bicyclic) bond motifs is 5. The van der Waals surface area contributed by atoms with Crippen molar-refractivity contribution in [1.82, 2.24) is 0 Å². The first-order valence-corrected chi connectivity index (χ1v) is 16.4. The van der Waals surface area contributed by atoms with E-state index in [-0.39, 0.29) is 0 Å². The van der Waals surface area contributed by atoms with Crippen molar-refractivity contribution in [2.45, 2.75) is 0 Å². The summed E-state index contributed by atoms with van der Waals surface area (Å²) in [5, 5.41) is 12.1. The summed E-state index contributed by atoms with van der Waals surface area (Å²) in [5.41, 5.74) is 11.0. The number of furan rings is 2. The molecule has 0 aliphatic rings. The Bertz CT molecular complexity index is 2990. The molecule has 0 unspecified atom stereocenters. The van der Waals surface area contributed by atoms with Crippen molar-refractivity contribution < 1.29 is 8.83 Å². The second kappa shape index (κ2) is 9.57. The van der Waals surface area contributed by atoms with Gasteiger partial charge in [-0.15, -0.1) is 0 Å². The SMILES string of the molecule is c1ccc2c(c1)oc1cccc(-c3ccc(-c4c5ccccc5c(-c5cc6cccc7oc8cccc5c8c67)c5ccccc45)cc3)c12. The molecule has 0 spiro atoms. The first-order chi connectivity index (χ1) is 23.8. The zero-order valence-electron chi connectivity index (χ0n) is 25.8. The van der Waals surface area contributed by atoms with E-state index in [4.69, 9.17) is 8.83 Å². The Morgan fingerprint density at radius 1 is 0.292 bits per heavy atom. The number of hydrogen-bond acceptors (Lipinski definition) is 2. The van der Waals surface area contributed by atoms with Crippen molar-refractivity contribution in [3.63, 3.8) is 0 Å². The van der Waals surface area contributed by atoms with Gasteiger partial charge in [-0.05, 0) is 96.0 Å². The van der Waals surface area contributed by atoms with E-state index in [0.29, 0.717) is 0 Å². The van der Waals surface area contributed by atoms with Crippen LogP contribution in [0.1, 0.15) is 0 Å². The zero-order chi connectivity index (χ0) is 31.3. The minimum absolute atomic E-state index is 0.914. The zero-order valence-corrected chi connectivity index (χ0v) is 25.8. The van der Waals surface area contributed by atoms with Crippen molar-refractivity contribution >= 4 is 76.2 Å². The molecule has 0 amide bonds. The maximum atomic E-state index is 6.33. The van der Waals surface area contributed by atoms with Gasteiger partial charge in [0.2, 0.25) is 0 Å². The molecule has 0 N–H and O–H groups in total. The van der Waals surface area contributed by atoms with E-state index in [9.17, 15) is 0 Å². The molecule has 0 aliphatic heterocycles. The molecule has 0 bridgehead atoms. The van der Waals surface area contributed by atoms with Crippen LogP contribution in [0.25, 0.3) is 110 Å². The molecule has 11 rings (SSSR count). The van der Waals surface area contributed by atoms with Gasteiger partial charge in [-0.25, -0.2) is 0 Å². The van der Waals surface area contributed by atoms with Crippen LogP contribution in [0.3, 0.4) is 0 Å².